The second-order valence-corrected chi connectivity index (χ2v) is 7.55. The molecule has 1 aromatic rings. The summed E-state index contributed by atoms with van der Waals surface area (Å²) in [6, 6.07) is 2.73. The highest BCUT2D eigenvalue weighted by Gasteiger charge is 2.26. The molecule has 0 aliphatic carbocycles. The lowest BCUT2D eigenvalue weighted by Gasteiger charge is -2.34. The second-order valence-electron chi connectivity index (χ2n) is 7.55. The van der Waals surface area contributed by atoms with E-state index in [1.807, 2.05) is 24.1 Å². The van der Waals surface area contributed by atoms with Gasteiger partial charge in [-0.05, 0) is 32.9 Å². The number of hydrogen-bond donors (Lipinski definition) is 2. The number of carbonyl (C=O) groups excluding carboxylic acids is 3. The van der Waals surface area contributed by atoms with Crippen LogP contribution in [0.4, 0.5) is 8.78 Å². The van der Waals surface area contributed by atoms with Gasteiger partial charge in [0.25, 0.3) is 0 Å². The van der Waals surface area contributed by atoms with Crippen LogP contribution in [-0.4, -0.2) is 59.1 Å². The number of amides is 1. The molecule has 1 aliphatic rings. The third-order valence-corrected chi connectivity index (χ3v) is 5.07. The summed E-state index contributed by atoms with van der Waals surface area (Å²) in [6.45, 7) is 2.63. The molecule has 1 aliphatic heterocycles. The molecule has 0 saturated heterocycles. The number of benzene rings is 1. The second kappa shape index (κ2) is 11.9. The highest BCUT2D eigenvalue weighted by Crippen LogP contribution is 2.19. The van der Waals surface area contributed by atoms with Gasteiger partial charge in [-0.2, -0.15) is 0 Å². The Kier molecular flexibility index (Phi) is 9.27. The van der Waals surface area contributed by atoms with E-state index in [9.17, 15) is 28.3 Å². The van der Waals surface area contributed by atoms with Crippen LogP contribution in [0.1, 0.15) is 25.3 Å². The van der Waals surface area contributed by atoms with Crippen LogP contribution in [0, 0.1) is 11.6 Å². The third kappa shape index (κ3) is 6.84. The molecule has 1 aromatic carbocycles. The van der Waals surface area contributed by atoms with Gasteiger partial charge >= 0.3 is 0 Å². The van der Waals surface area contributed by atoms with Crippen molar-refractivity contribution in [3.8, 4) is 0 Å². The molecule has 32 heavy (non-hydrogen) atoms. The Bertz CT molecular complexity index is 943. The van der Waals surface area contributed by atoms with Gasteiger partial charge in [-0.3, -0.25) is 14.4 Å². The van der Waals surface area contributed by atoms with Gasteiger partial charge in [-0.25, -0.2) is 8.78 Å². The minimum absolute atomic E-state index is 0.0953. The number of rotatable bonds is 8. The summed E-state index contributed by atoms with van der Waals surface area (Å²) in [5, 5.41) is 12.2. The highest BCUT2D eigenvalue weighted by atomic mass is 19.1. The summed E-state index contributed by atoms with van der Waals surface area (Å²) in [4.78, 5) is 39.3. The van der Waals surface area contributed by atoms with Crippen molar-refractivity contribution >= 4 is 18.0 Å². The Morgan fingerprint density at radius 2 is 2.06 bits per heavy atom. The smallest absolute Gasteiger partial charge is 0.248 e. The predicted octanol–water partition coefficient (Wildman–Crippen LogP) is 2.60. The first-order valence-electron chi connectivity index (χ1n) is 10.1. The number of ketones is 1. The molecule has 0 spiro atoms. The number of hydrogen-bond acceptors (Lipinski definition) is 6. The molecule has 7 nitrogen and oxygen atoms in total. The van der Waals surface area contributed by atoms with Gasteiger partial charge in [0.2, 0.25) is 11.7 Å². The van der Waals surface area contributed by atoms with Crippen LogP contribution in [0.15, 0.2) is 54.1 Å². The number of nitrogens with zero attached hydrogens (tertiary/aromatic N) is 2. The summed E-state index contributed by atoms with van der Waals surface area (Å²) in [6.07, 6.45) is 7.37. The molecule has 1 atom stereocenters. The number of aliphatic hydroxyl groups excluding tert-OH is 1. The van der Waals surface area contributed by atoms with E-state index in [1.165, 1.54) is 24.1 Å². The molecular weight excluding hydrogens is 420 g/mol. The molecule has 2 N–H and O–H groups in total. The van der Waals surface area contributed by atoms with Crippen molar-refractivity contribution in [3.63, 3.8) is 0 Å². The molecule has 172 valence electrons. The predicted molar refractivity (Wildman–Crippen MR) is 115 cm³/mol. The number of halogens is 2. The zero-order valence-corrected chi connectivity index (χ0v) is 18.1. The summed E-state index contributed by atoms with van der Waals surface area (Å²) in [7, 11) is 1.91. The first-order valence-corrected chi connectivity index (χ1v) is 10.1. The van der Waals surface area contributed by atoms with Crippen LogP contribution in [0.5, 0.6) is 0 Å². The van der Waals surface area contributed by atoms with Gasteiger partial charge in [0, 0.05) is 49.1 Å². The standard InChI is InChI=1S/C23H27F2N3O4/c1-16(23(32)26-11-17-7-8-18(24)10-20(17)25)12-28(21(14-29)22(31)15-30)19-6-4-3-5-9-27(2)13-19/h3-4,7-8,10,12,14-15,19,29H,5-6,9,11,13H2,1-2H3,(H,26,32)/b4-3-,16-12+,21-14?. The van der Waals surface area contributed by atoms with Gasteiger partial charge in [0.15, 0.2) is 6.29 Å². The van der Waals surface area contributed by atoms with Crippen molar-refractivity contribution in [2.75, 3.05) is 20.1 Å². The lowest BCUT2D eigenvalue weighted by Crippen LogP contribution is -2.42. The Balaban J connectivity index is 2.27. The van der Waals surface area contributed by atoms with E-state index in [4.69, 9.17) is 0 Å². The summed E-state index contributed by atoms with van der Waals surface area (Å²) >= 11 is 0. The summed E-state index contributed by atoms with van der Waals surface area (Å²) < 4.78 is 26.9. The minimum Gasteiger partial charge on any atom is -0.513 e. The number of allylic oxidation sites excluding steroid dienone is 1. The molecule has 0 radical (unpaired) electrons. The average Bonchev–Trinajstić information content (AvgIpc) is 2.74. The summed E-state index contributed by atoms with van der Waals surface area (Å²) in [5.41, 5.74) is 0.0200. The molecular formula is C23H27F2N3O4. The maximum atomic E-state index is 13.8. The van der Waals surface area contributed by atoms with Crippen molar-refractivity contribution in [2.45, 2.75) is 32.4 Å². The minimum atomic E-state index is -0.931. The molecule has 0 fully saturated rings. The normalized spacial score (nSPS) is 18.9. The van der Waals surface area contributed by atoms with E-state index in [2.05, 4.69) is 5.32 Å². The fourth-order valence-electron chi connectivity index (χ4n) is 3.33. The Labute approximate surface area is 185 Å². The molecule has 9 heteroatoms. The van der Waals surface area contributed by atoms with Gasteiger partial charge < -0.3 is 20.2 Å². The zero-order chi connectivity index (χ0) is 23.7. The Morgan fingerprint density at radius 1 is 1.31 bits per heavy atom. The lowest BCUT2D eigenvalue weighted by atomic mass is 10.1. The first kappa shape index (κ1) is 24.9. The molecule has 0 aromatic heterocycles. The van der Waals surface area contributed by atoms with E-state index in [0.29, 0.717) is 19.2 Å². The van der Waals surface area contributed by atoms with Gasteiger partial charge in [0.05, 0.1) is 0 Å². The monoisotopic (exact) mass is 447 g/mol. The number of aldehydes is 1. The molecule has 0 saturated carbocycles. The third-order valence-electron chi connectivity index (χ3n) is 5.07. The lowest BCUT2D eigenvalue weighted by molar-refractivity contribution is -0.128. The van der Waals surface area contributed by atoms with E-state index in [-0.39, 0.29) is 35.7 Å². The maximum Gasteiger partial charge on any atom is 0.248 e. The van der Waals surface area contributed by atoms with Crippen LogP contribution >= 0.6 is 0 Å². The molecule has 1 heterocycles. The SMILES string of the molecule is C/C(=C\N(C(=CO)C(=O)C=O)C1C/C=C\CCN(C)C1)C(=O)NCc1ccc(F)cc1F. The van der Waals surface area contributed by atoms with Crippen molar-refractivity contribution in [1.29, 1.82) is 0 Å². The number of carbonyl (C=O) groups is 3. The number of nitrogens with one attached hydrogen (secondary N) is 1. The highest BCUT2D eigenvalue weighted by molar-refractivity contribution is 6.32. The summed E-state index contributed by atoms with van der Waals surface area (Å²) in [5.74, 6) is -2.98. The fraction of sp³-hybridized carbons (Fsp3) is 0.348. The fourth-order valence-corrected chi connectivity index (χ4v) is 3.33. The van der Waals surface area contributed by atoms with Crippen LogP contribution in [0.25, 0.3) is 0 Å². The van der Waals surface area contributed by atoms with Gasteiger partial charge in [0.1, 0.15) is 23.6 Å². The molecule has 1 amide bonds. The van der Waals surface area contributed by atoms with Gasteiger partial charge in [-0.15, -0.1) is 0 Å². The Hall–Kier alpha value is -3.33. The van der Waals surface area contributed by atoms with E-state index >= 15 is 0 Å². The van der Waals surface area contributed by atoms with Crippen LogP contribution in [0.2, 0.25) is 0 Å². The largest absolute Gasteiger partial charge is 0.513 e. The van der Waals surface area contributed by atoms with Crippen LogP contribution < -0.4 is 5.32 Å². The van der Waals surface area contributed by atoms with Crippen LogP contribution in [0.3, 0.4) is 0 Å². The van der Waals surface area contributed by atoms with Crippen molar-refractivity contribution in [2.24, 2.45) is 0 Å². The maximum absolute atomic E-state index is 13.8. The van der Waals surface area contributed by atoms with Crippen molar-refractivity contribution in [1.82, 2.24) is 15.1 Å². The average molecular weight is 447 g/mol. The van der Waals surface area contributed by atoms with E-state index in [1.54, 1.807) is 0 Å². The van der Waals surface area contributed by atoms with Crippen molar-refractivity contribution in [3.05, 3.63) is 71.3 Å². The van der Waals surface area contributed by atoms with E-state index < -0.39 is 23.3 Å². The van der Waals surface area contributed by atoms with Crippen molar-refractivity contribution < 1.29 is 28.3 Å². The number of likely N-dealkylation sites (N-methyl/N-ethyl adjacent to an activating group) is 1. The molecule has 0 bridgehead atoms. The number of Topliss-reactive ketones (excluding diaryl/α,β-unsaturated/α-hetero) is 1. The molecule has 1 unspecified atom stereocenters. The molecule has 2 rings (SSSR count). The quantitative estimate of drug-likeness (QED) is 0.209. The van der Waals surface area contributed by atoms with Gasteiger partial charge in [-0.1, -0.05) is 18.2 Å². The zero-order valence-electron chi connectivity index (χ0n) is 18.1. The van der Waals surface area contributed by atoms with Crippen LogP contribution in [-0.2, 0) is 20.9 Å². The topological polar surface area (TPSA) is 90.0 Å². The van der Waals surface area contributed by atoms with E-state index in [0.717, 1.165) is 25.1 Å². The number of aliphatic hydroxyl groups is 1. The first-order chi connectivity index (χ1) is 15.3. The Morgan fingerprint density at radius 3 is 2.72 bits per heavy atom.